The van der Waals surface area contributed by atoms with Crippen LogP contribution in [0.3, 0.4) is 0 Å². The molecule has 1 aromatic heterocycles. The Morgan fingerprint density at radius 3 is 2.70 bits per heavy atom. The van der Waals surface area contributed by atoms with Crippen LogP contribution in [0.1, 0.15) is 76.4 Å². The average Bonchev–Trinajstić information content (AvgIpc) is 2.92. The van der Waals surface area contributed by atoms with Gasteiger partial charge in [-0.2, -0.15) is 5.10 Å². The third kappa shape index (κ3) is 3.08. The quantitative estimate of drug-likeness (QED) is 0.848. The molecule has 0 bridgehead atoms. The highest BCUT2D eigenvalue weighted by atomic mass is 15.3. The minimum absolute atomic E-state index is 0.603. The van der Waals surface area contributed by atoms with Gasteiger partial charge >= 0.3 is 0 Å². The van der Waals surface area contributed by atoms with E-state index in [2.05, 4.69) is 29.2 Å². The Labute approximate surface area is 123 Å². The van der Waals surface area contributed by atoms with Gasteiger partial charge in [-0.1, -0.05) is 32.6 Å². The summed E-state index contributed by atoms with van der Waals surface area (Å²) < 4.78 is 2.22. The van der Waals surface area contributed by atoms with Gasteiger partial charge in [0.2, 0.25) is 0 Å². The van der Waals surface area contributed by atoms with Gasteiger partial charge in [-0.25, -0.2) is 0 Å². The van der Waals surface area contributed by atoms with Crippen molar-refractivity contribution in [3.63, 3.8) is 0 Å². The molecule has 20 heavy (non-hydrogen) atoms. The molecule has 2 aliphatic rings. The van der Waals surface area contributed by atoms with Crippen molar-refractivity contribution in [2.24, 2.45) is 5.41 Å². The van der Waals surface area contributed by atoms with Gasteiger partial charge in [0.15, 0.2) is 0 Å². The van der Waals surface area contributed by atoms with E-state index >= 15 is 0 Å². The SMILES string of the molecule is CCC1(CNCc2ccn(C3CCCCC3)n2)CCC1. The van der Waals surface area contributed by atoms with Gasteiger partial charge in [-0.3, -0.25) is 4.68 Å². The van der Waals surface area contributed by atoms with Crippen molar-refractivity contribution < 1.29 is 0 Å². The van der Waals surface area contributed by atoms with Crippen LogP contribution in [0.25, 0.3) is 0 Å². The fourth-order valence-corrected chi connectivity index (χ4v) is 3.81. The molecule has 0 spiro atoms. The summed E-state index contributed by atoms with van der Waals surface area (Å²) in [5.41, 5.74) is 1.81. The van der Waals surface area contributed by atoms with Crippen LogP contribution in [0.5, 0.6) is 0 Å². The fraction of sp³-hybridized carbons (Fsp3) is 0.824. The first-order valence-electron chi connectivity index (χ1n) is 8.56. The van der Waals surface area contributed by atoms with Gasteiger partial charge in [-0.15, -0.1) is 0 Å². The van der Waals surface area contributed by atoms with Crippen molar-refractivity contribution in [1.29, 1.82) is 0 Å². The largest absolute Gasteiger partial charge is 0.311 e. The van der Waals surface area contributed by atoms with Crippen LogP contribution in [0.2, 0.25) is 0 Å². The molecule has 0 atom stereocenters. The topological polar surface area (TPSA) is 29.9 Å². The summed E-state index contributed by atoms with van der Waals surface area (Å²) in [4.78, 5) is 0. The standard InChI is InChI=1S/C17H29N3/c1-2-17(10-6-11-17)14-18-13-15-9-12-20(19-15)16-7-4-3-5-8-16/h9,12,16,18H,2-8,10-11,13-14H2,1H3. The van der Waals surface area contributed by atoms with E-state index in [9.17, 15) is 0 Å². The molecule has 0 radical (unpaired) electrons. The van der Waals surface area contributed by atoms with Crippen molar-refractivity contribution in [2.45, 2.75) is 77.3 Å². The van der Waals surface area contributed by atoms with E-state index in [-0.39, 0.29) is 0 Å². The molecular weight excluding hydrogens is 246 g/mol. The van der Waals surface area contributed by atoms with E-state index in [1.54, 1.807) is 0 Å². The highest BCUT2D eigenvalue weighted by molar-refractivity contribution is 5.00. The summed E-state index contributed by atoms with van der Waals surface area (Å²) in [6.45, 7) is 4.43. The Bertz CT molecular complexity index is 408. The average molecular weight is 275 g/mol. The second-order valence-corrected chi connectivity index (χ2v) is 6.89. The smallest absolute Gasteiger partial charge is 0.0762 e. The Balaban J connectivity index is 1.47. The van der Waals surface area contributed by atoms with Crippen molar-refractivity contribution in [3.05, 3.63) is 18.0 Å². The van der Waals surface area contributed by atoms with E-state index < -0.39 is 0 Å². The molecule has 0 aliphatic heterocycles. The number of nitrogens with one attached hydrogen (secondary N) is 1. The molecular formula is C17H29N3. The van der Waals surface area contributed by atoms with E-state index in [0.717, 1.165) is 6.54 Å². The maximum absolute atomic E-state index is 4.78. The second kappa shape index (κ2) is 6.30. The maximum Gasteiger partial charge on any atom is 0.0762 e. The molecule has 2 fully saturated rings. The van der Waals surface area contributed by atoms with E-state index in [1.165, 1.54) is 70.0 Å². The molecule has 3 heteroatoms. The zero-order chi connectivity index (χ0) is 13.8. The van der Waals surface area contributed by atoms with Gasteiger partial charge in [0, 0.05) is 19.3 Å². The molecule has 1 heterocycles. The lowest BCUT2D eigenvalue weighted by Crippen LogP contribution is -2.39. The summed E-state index contributed by atoms with van der Waals surface area (Å²) in [6.07, 6.45) is 14.5. The second-order valence-electron chi connectivity index (χ2n) is 6.89. The van der Waals surface area contributed by atoms with Gasteiger partial charge in [0.25, 0.3) is 0 Å². The van der Waals surface area contributed by atoms with Crippen LogP contribution >= 0.6 is 0 Å². The van der Waals surface area contributed by atoms with Crippen LogP contribution in [0, 0.1) is 5.41 Å². The number of aromatic nitrogens is 2. The Morgan fingerprint density at radius 2 is 2.05 bits per heavy atom. The fourth-order valence-electron chi connectivity index (χ4n) is 3.81. The number of nitrogens with zero attached hydrogens (tertiary/aromatic N) is 2. The molecule has 1 N–H and O–H groups in total. The van der Waals surface area contributed by atoms with Crippen LogP contribution < -0.4 is 5.32 Å². The maximum atomic E-state index is 4.78. The molecule has 1 aromatic rings. The minimum atomic E-state index is 0.603. The first-order chi connectivity index (χ1) is 9.81. The molecule has 112 valence electrons. The summed E-state index contributed by atoms with van der Waals surface area (Å²) in [6, 6.07) is 2.85. The highest BCUT2D eigenvalue weighted by Gasteiger charge is 2.34. The summed E-state index contributed by atoms with van der Waals surface area (Å²) >= 11 is 0. The lowest BCUT2D eigenvalue weighted by molar-refractivity contribution is 0.123. The molecule has 0 unspecified atom stereocenters. The summed E-state index contributed by atoms with van der Waals surface area (Å²) in [5.74, 6) is 0. The van der Waals surface area contributed by atoms with E-state index in [4.69, 9.17) is 5.10 Å². The zero-order valence-corrected chi connectivity index (χ0v) is 12.9. The predicted octanol–water partition coefficient (Wildman–Crippen LogP) is 4.06. The van der Waals surface area contributed by atoms with Gasteiger partial charge in [-0.05, 0) is 43.6 Å². The predicted molar refractivity (Wildman–Crippen MR) is 82.6 cm³/mol. The van der Waals surface area contributed by atoms with Crippen LogP contribution in [0.4, 0.5) is 0 Å². The summed E-state index contributed by atoms with van der Waals surface area (Å²) in [5, 5.41) is 8.41. The van der Waals surface area contributed by atoms with Crippen molar-refractivity contribution in [2.75, 3.05) is 6.54 Å². The van der Waals surface area contributed by atoms with Crippen molar-refractivity contribution >= 4 is 0 Å². The lowest BCUT2D eigenvalue weighted by Gasteiger charge is -2.41. The monoisotopic (exact) mass is 275 g/mol. The molecule has 2 aliphatic carbocycles. The molecule has 0 aromatic carbocycles. The number of hydrogen-bond acceptors (Lipinski definition) is 2. The van der Waals surface area contributed by atoms with Crippen LogP contribution in [-0.4, -0.2) is 16.3 Å². The first kappa shape index (κ1) is 14.1. The van der Waals surface area contributed by atoms with Gasteiger partial charge in [0.05, 0.1) is 11.7 Å². The molecule has 0 saturated heterocycles. The minimum Gasteiger partial charge on any atom is -0.311 e. The molecule has 3 rings (SSSR count). The molecule has 3 nitrogen and oxygen atoms in total. The Kier molecular flexibility index (Phi) is 4.45. The zero-order valence-electron chi connectivity index (χ0n) is 12.9. The third-order valence-corrected chi connectivity index (χ3v) is 5.58. The summed E-state index contributed by atoms with van der Waals surface area (Å²) in [7, 11) is 0. The highest BCUT2D eigenvalue weighted by Crippen LogP contribution is 2.43. The molecule has 2 saturated carbocycles. The van der Waals surface area contributed by atoms with Crippen molar-refractivity contribution in [3.8, 4) is 0 Å². The third-order valence-electron chi connectivity index (χ3n) is 5.58. The normalized spacial score (nSPS) is 22.6. The van der Waals surface area contributed by atoms with Gasteiger partial charge < -0.3 is 5.32 Å². The number of hydrogen-bond donors (Lipinski definition) is 1. The van der Waals surface area contributed by atoms with Crippen LogP contribution in [-0.2, 0) is 6.54 Å². The molecule has 0 amide bonds. The Morgan fingerprint density at radius 1 is 1.25 bits per heavy atom. The van der Waals surface area contributed by atoms with Crippen molar-refractivity contribution in [1.82, 2.24) is 15.1 Å². The van der Waals surface area contributed by atoms with Crippen LogP contribution in [0.15, 0.2) is 12.3 Å². The first-order valence-corrected chi connectivity index (χ1v) is 8.56. The lowest BCUT2D eigenvalue weighted by atomic mass is 9.67. The van der Waals surface area contributed by atoms with E-state index in [1.807, 2.05) is 0 Å². The van der Waals surface area contributed by atoms with E-state index in [0.29, 0.717) is 11.5 Å². The number of rotatable bonds is 6. The van der Waals surface area contributed by atoms with Gasteiger partial charge in [0.1, 0.15) is 0 Å². The Hall–Kier alpha value is -0.830.